The fraction of sp³-hybridized carbons (Fsp3) is 0.379. The summed E-state index contributed by atoms with van der Waals surface area (Å²) in [5, 5.41) is 12.4. The summed E-state index contributed by atoms with van der Waals surface area (Å²) in [6.45, 7) is 5.43. The Kier molecular flexibility index (Phi) is 7.58. The third-order valence-electron chi connectivity index (χ3n) is 8.24. The maximum Gasteiger partial charge on any atom is 0.123 e. The molecule has 6 rings (SSSR count). The third kappa shape index (κ3) is 4.59. The molecule has 5 heteroatoms. The molecule has 0 atom stereocenters. The number of ether oxygens (including phenoxy) is 1. The van der Waals surface area contributed by atoms with Gasteiger partial charge in [-0.05, 0) is 28.8 Å². The van der Waals surface area contributed by atoms with Crippen LogP contribution < -0.4 is 17.0 Å². The number of nitrogens with zero attached hydrogens (tertiary/aromatic N) is 1. The van der Waals surface area contributed by atoms with Crippen LogP contribution in [0.2, 0.25) is 0 Å². The number of hydrogen-bond donors (Lipinski definition) is 1. The van der Waals surface area contributed by atoms with Crippen molar-refractivity contribution in [3.63, 3.8) is 0 Å². The number of piperidine rings is 3. The van der Waals surface area contributed by atoms with E-state index in [9.17, 15) is 9.50 Å². The molecule has 0 aliphatic carbocycles. The molecule has 0 aromatic heterocycles. The Bertz CT molecular complexity index is 994. The van der Waals surface area contributed by atoms with Crippen LogP contribution in [-0.2, 0) is 16.9 Å². The van der Waals surface area contributed by atoms with Crippen LogP contribution >= 0.6 is 0 Å². The van der Waals surface area contributed by atoms with E-state index >= 15 is 0 Å². The highest BCUT2D eigenvalue weighted by Gasteiger charge is 2.60. The minimum atomic E-state index is -0.981. The van der Waals surface area contributed by atoms with Crippen LogP contribution in [0.15, 0.2) is 84.9 Å². The van der Waals surface area contributed by atoms with Gasteiger partial charge in [0.15, 0.2) is 0 Å². The van der Waals surface area contributed by atoms with Gasteiger partial charge in [0.1, 0.15) is 18.0 Å². The molecule has 3 heterocycles. The first kappa shape index (κ1) is 25.1. The molecule has 0 spiro atoms. The molecule has 180 valence electrons. The van der Waals surface area contributed by atoms with E-state index in [1.54, 1.807) is 12.1 Å². The minimum absolute atomic E-state index is 0. The van der Waals surface area contributed by atoms with E-state index in [0.29, 0.717) is 13.2 Å². The second kappa shape index (κ2) is 10.3. The summed E-state index contributed by atoms with van der Waals surface area (Å²) in [4.78, 5) is 0. The zero-order valence-electron chi connectivity index (χ0n) is 19.5. The van der Waals surface area contributed by atoms with Gasteiger partial charge in [0.25, 0.3) is 0 Å². The molecule has 3 aromatic rings. The van der Waals surface area contributed by atoms with Gasteiger partial charge in [-0.3, -0.25) is 0 Å². The first-order valence-corrected chi connectivity index (χ1v) is 12.1. The van der Waals surface area contributed by atoms with Crippen LogP contribution in [0, 0.1) is 11.2 Å². The minimum Gasteiger partial charge on any atom is -1.00 e. The Balaban J connectivity index is 0.00000274. The van der Waals surface area contributed by atoms with Gasteiger partial charge in [0.2, 0.25) is 0 Å². The van der Waals surface area contributed by atoms with Crippen LogP contribution in [0.1, 0.15) is 36.0 Å². The summed E-state index contributed by atoms with van der Waals surface area (Å²) in [5.74, 6) is -0.215. The molecule has 1 N–H and O–H groups in total. The van der Waals surface area contributed by atoms with Crippen LogP contribution in [0.5, 0.6) is 0 Å². The lowest BCUT2D eigenvalue weighted by Gasteiger charge is -2.60. The van der Waals surface area contributed by atoms with E-state index in [0.717, 1.165) is 66.6 Å². The highest BCUT2D eigenvalue weighted by atomic mass is 79.9. The summed E-state index contributed by atoms with van der Waals surface area (Å²) in [6.07, 6.45) is 3.02. The van der Waals surface area contributed by atoms with E-state index in [4.69, 9.17) is 4.74 Å². The quantitative estimate of drug-likeness (QED) is 0.361. The molecule has 0 saturated carbocycles. The van der Waals surface area contributed by atoms with E-state index in [1.807, 2.05) is 36.4 Å². The number of hydrogen-bond acceptors (Lipinski definition) is 2. The average molecular weight is 526 g/mol. The predicted molar refractivity (Wildman–Crippen MR) is 128 cm³/mol. The second-order valence-corrected chi connectivity index (χ2v) is 9.89. The number of aliphatic hydroxyl groups is 1. The van der Waals surface area contributed by atoms with Crippen LogP contribution in [0.3, 0.4) is 0 Å². The van der Waals surface area contributed by atoms with Gasteiger partial charge in [-0.2, -0.15) is 0 Å². The molecule has 3 aliphatic heterocycles. The van der Waals surface area contributed by atoms with Gasteiger partial charge in [-0.15, -0.1) is 0 Å². The van der Waals surface area contributed by atoms with Gasteiger partial charge in [-0.25, -0.2) is 4.39 Å². The molecule has 3 saturated heterocycles. The van der Waals surface area contributed by atoms with E-state index in [-0.39, 0.29) is 28.2 Å². The van der Waals surface area contributed by atoms with Crippen molar-refractivity contribution in [3.8, 4) is 0 Å². The Morgan fingerprint density at radius 1 is 0.794 bits per heavy atom. The molecule has 0 radical (unpaired) electrons. The first-order valence-electron chi connectivity index (χ1n) is 12.1. The predicted octanol–water partition coefficient (Wildman–Crippen LogP) is 2.28. The Labute approximate surface area is 212 Å². The molecule has 34 heavy (non-hydrogen) atoms. The van der Waals surface area contributed by atoms with Crippen molar-refractivity contribution in [1.82, 2.24) is 0 Å². The number of quaternary nitrogens is 1. The average Bonchev–Trinajstić information content (AvgIpc) is 2.89. The lowest BCUT2D eigenvalue weighted by Crippen LogP contribution is -3.00. The lowest BCUT2D eigenvalue weighted by atomic mass is 9.56. The standard InChI is InChI=1S/C29H33FNO2.BrH/c30-27-13-11-24(12-14-27)23-33-22-21-31-18-15-28(16-19-31,17-20-31)29(32,25-7-3-1-4-8-25)26-9-5-2-6-10-26;/h1-14,32H,15-23H2;1H/q+1;/p-1. The number of rotatable bonds is 8. The summed E-state index contributed by atoms with van der Waals surface area (Å²) < 4.78 is 20.1. The summed E-state index contributed by atoms with van der Waals surface area (Å²) in [7, 11) is 0. The van der Waals surface area contributed by atoms with Crippen molar-refractivity contribution in [3.05, 3.63) is 107 Å². The molecule has 3 aliphatic rings. The maximum absolute atomic E-state index is 13.1. The molecule has 0 unspecified atom stereocenters. The van der Waals surface area contributed by atoms with Crippen molar-refractivity contribution >= 4 is 0 Å². The van der Waals surface area contributed by atoms with Gasteiger partial charge in [-0.1, -0.05) is 72.8 Å². The van der Waals surface area contributed by atoms with E-state index < -0.39 is 5.60 Å². The molecular weight excluding hydrogens is 493 g/mol. The highest BCUT2D eigenvalue weighted by Crippen LogP contribution is 2.57. The van der Waals surface area contributed by atoms with Crippen LogP contribution in [0.4, 0.5) is 4.39 Å². The fourth-order valence-electron chi connectivity index (χ4n) is 6.11. The van der Waals surface area contributed by atoms with Crippen molar-refractivity contribution in [2.24, 2.45) is 5.41 Å². The Hall–Kier alpha value is -2.05. The fourth-order valence-corrected chi connectivity index (χ4v) is 6.11. The number of halogens is 2. The molecule has 2 bridgehead atoms. The van der Waals surface area contributed by atoms with E-state index in [2.05, 4.69) is 24.3 Å². The third-order valence-corrected chi connectivity index (χ3v) is 8.24. The summed E-state index contributed by atoms with van der Waals surface area (Å²) in [6, 6.07) is 27.0. The molecule has 3 fully saturated rings. The smallest absolute Gasteiger partial charge is 0.123 e. The zero-order valence-corrected chi connectivity index (χ0v) is 21.1. The molecular formula is C29H33BrFNO2. The normalized spacial score (nSPS) is 23.9. The van der Waals surface area contributed by atoms with Crippen LogP contribution in [0.25, 0.3) is 0 Å². The van der Waals surface area contributed by atoms with Gasteiger partial charge in [0.05, 0.1) is 32.8 Å². The SMILES string of the molecule is OC(c1ccccc1)(c1ccccc1)C12CC[N+](CCOCc3ccc(F)cc3)(CC1)CC2.[Br-]. The van der Waals surface area contributed by atoms with Crippen molar-refractivity contribution in [2.45, 2.75) is 31.5 Å². The molecule has 3 nitrogen and oxygen atoms in total. The highest BCUT2D eigenvalue weighted by molar-refractivity contribution is 5.39. The first-order chi connectivity index (χ1) is 16.1. The molecule has 0 amide bonds. The maximum atomic E-state index is 13.1. The largest absolute Gasteiger partial charge is 1.00 e. The Morgan fingerprint density at radius 2 is 1.29 bits per heavy atom. The van der Waals surface area contributed by atoms with E-state index in [1.165, 1.54) is 12.1 Å². The Morgan fingerprint density at radius 3 is 1.79 bits per heavy atom. The van der Waals surface area contributed by atoms with Crippen LogP contribution in [-0.4, -0.2) is 42.4 Å². The molecule has 3 aromatic carbocycles. The topological polar surface area (TPSA) is 29.5 Å². The zero-order chi connectivity index (χ0) is 22.8. The second-order valence-electron chi connectivity index (χ2n) is 9.89. The monoisotopic (exact) mass is 525 g/mol. The van der Waals surface area contributed by atoms with Gasteiger partial charge < -0.3 is 31.3 Å². The van der Waals surface area contributed by atoms with Crippen molar-refractivity contribution in [2.75, 3.05) is 32.8 Å². The lowest BCUT2D eigenvalue weighted by molar-refractivity contribution is -0.946. The number of fused-ring (bicyclic) bond motifs is 3. The van der Waals surface area contributed by atoms with Crippen molar-refractivity contribution < 1.29 is 35.7 Å². The van der Waals surface area contributed by atoms with Gasteiger partial charge >= 0.3 is 0 Å². The summed E-state index contributed by atoms with van der Waals surface area (Å²) in [5.41, 5.74) is 1.88. The van der Waals surface area contributed by atoms with Gasteiger partial charge in [0, 0.05) is 24.7 Å². The number of benzene rings is 3. The van der Waals surface area contributed by atoms with Crippen molar-refractivity contribution in [1.29, 1.82) is 0 Å². The summed E-state index contributed by atoms with van der Waals surface area (Å²) >= 11 is 0.